The third-order valence-corrected chi connectivity index (χ3v) is 17.4. The Kier molecular flexibility index (Phi) is 26.0. The summed E-state index contributed by atoms with van der Waals surface area (Å²) in [7, 11) is 5.77. The SMILES string of the molecule is CCC1CC(C(=O)N(C)C2C(=O)NC(CC(C)C)C(=O)N3CC(C)CC3C(=O)NC(CCC(C)C)C(=O)N(C)C(C(C)C)C(=O)N3CCCC3C(=O)N(C)C(CC(C)C)C(=O)NCC(=O)OC2C)N(C(=O)C(C(C)C)N(C)C(=O)C(O)CC)C1. The highest BCUT2D eigenvalue weighted by Crippen LogP contribution is 2.32. The normalized spacial score (nSPS) is 28.5. The molecule has 4 heterocycles. The summed E-state index contributed by atoms with van der Waals surface area (Å²) in [6.45, 7) is 25.1. The van der Waals surface area contributed by atoms with Gasteiger partial charge in [-0.05, 0) is 106 Å². The van der Waals surface area contributed by atoms with E-state index in [1.807, 2.05) is 55.4 Å². The van der Waals surface area contributed by atoms with Crippen molar-refractivity contribution in [3.8, 4) is 0 Å². The molecular formula is C61H104N10O13. The van der Waals surface area contributed by atoms with Crippen LogP contribution in [0.15, 0.2) is 0 Å². The standard InChI is InChI=1S/C61H104N10O13/c1-19-40-29-46(71(32-40)61(83)50(37(11)12)67(17)59(81)47(72)20-2)58(80)68(18)51-39(14)84-48(73)30-62-52(74)44(27-35(7)8)65(15)57(79)43-22-21-25-69(43)60(82)49(36(9)10)66(16)55(77)41(24-23-33(3)4)63-53(75)45-28-38(13)31-70(45)56(78)42(26-34(5)6)64-54(51)76/h33-47,49-51,72H,19-32H2,1-18H3,(H,62,74)(H,63,75)(H,64,76). The lowest BCUT2D eigenvalue weighted by Gasteiger charge is -2.38. The number of aliphatic hydroxyl groups is 1. The van der Waals surface area contributed by atoms with Crippen LogP contribution in [-0.4, -0.2) is 225 Å². The molecule has 13 atom stereocenters. The smallest absolute Gasteiger partial charge is 0.325 e. The van der Waals surface area contributed by atoms with Crippen molar-refractivity contribution in [3.63, 3.8) is 0 Å². The summed E-state index contributed by atoms with van der Waals surface area (Å²) in [6.07, 6.45) is 0.0268. The molecule has 4 saturated heterocycles. The van der Waals surface area contributed by atoms with Gasteiger partial charge in [0.25, 0.3) is 5.91 Å². The van der Waals surface area contributed by atoms with E-state index in [0.29, 0.717) is 25.7 Å². The average Bonchev–Trinajstić information content (AvgIpc) is 4.39. The quantitative estimate of drug-likeness (QED) is 0.162. The number of carbonyl (C=O) groups excluding carboxylic acids is 11. The van der Waals surface area contributed by atoms with E-state index < -0.39 is 150 Å². The van der Waals surface area contributed by atoms with Gasteiger partial charge in [-0.3, -0.25) is 52.7 Å². The van der Waals surface area contributed by atoms with Crippen LogP contribution in [0.3, 0.4) is 0 Å². The van der Waals surface area contributed by atoms with Crippen LogP contribution in [0, 0.1) is 41.4 Å². The molecule has 0 aliphatic carbocycles. The number of hydrogen-bond donors (Lipinski definition) is 4. The first kappa shape index (κ1) is 70.6. The van der Waals surface area contributed by atoms with Crippen LogP contribution < -0.4 is 16.0 Å². The predicted octanol–water partition coefficient (Wildman–Crippen LogP) is 2.79. The first-order valence-corrected chi connectivity index (χ1v) is 30.9. The van der Waals surface area contributed by atoms with Gasteiger partial charge in [-0.25, -0.2) is 0 Å². The Hall–Kier alpha value is -5.87. The average molecular weight is 1190 g/mol. The van der Waals surface area contributed by atoms with E-state index in [0.717, 1.165) is 4.90 Å². The van der Waals surface area contributed by atoms with Crippen LogP contribution in [0.1, 0.15) is 161 Å². The fraction of sp³-hybridized carbons (Fsp3) is 0.820. The second-order valence-corrected chi connectivity index (χ2v) is 26.4. The lowest BCUT2D eigenvalue weighted by Crippen LogP contribution is -2.62. The van der Waals surface area contributed by atoms with Crippen LogP contribution in [-0.2, 0) is 57.5 Å². The predicted molar refractivity (Wildman–Crippen MR) is 316 cm³/mol. The number of fused-ring (bicyclic) bond motifs is 2. The van der Waals surface area contributed by atoms with Crippen molar-refractivity contribution in [3.05, 3.63) is 0 Å². The topological polar surface area (TPSA) is 276 Å². The summed E-state index contributed by atoms with van der Waals surface area (Å²) in [5.74, 6) is -8.61. The Morgan fingerprint density at radius 3 is 1.89 bits per heavy atom. The van der Waals surface area contributed by atoms with E-state index in [2.05, 4.69) is 16.0 Å². The van der Waals surface area contributed by atoms with Crippen LogP contribution in [0.25, 0.3) is 0 Å². The van der Waals surface area contributed by atoms with Gasteiger partial charge >= 0.3 is 5.97 Å². The number of carbonyl (C=O) groups is 11. The van der Waals surface area contributed by atoms with E-state index in [4.69, 9.17) is 4.74 Å². The fourth-order valence-electron chi connectivity index (χ4n) is 12.7. The summed E-state index contributed by atoms with van der Waals surface area (Å²) in [6, 6.07) is -10.5. The molecule has 0 aromatic rings. The zero-order valence-electron chi connectivity index (χ0n) is 53.8. The highest BCUT2D eigenvalue weighted by molar-refractivity contribution is 5.99. The van der Waals surface area contributed by atoms with E-state index in [1.165, 1.54) is 64.5 Å². The lowest BCUT2D eigenvalue weighted by atomic mass is 9.97. The van der Waals surface area contributed by atoms with E-state index in [1.54, 1.807) is 34.6 Å². The molecule has 0 spiro atoms. The maximum atomic E-state index is 15.3. The maximum absolute atomic E-state index is 15.3. The molecule has 4 rings (SSSR count). The van der Waals surface area contributed by atoms with Crippen molar-refractivity contribution in [2.45, 2.75) is 228 Å². The monoisotopic (exact) mass is 1180 g/mol. The van der Waals surface area contributed by atoms with Gasteiger partial charge in [0.05, 0.1) is 0 Å². The van der Waals surface area contributed by atoms with Crippen LogP contribution in [0.4, 0.5) is 0 Å². The minimum atomic E-state index is -1.66. The van der Waals surface area contributed by atoms with Crippen LogP contribution in [0.5, 0.6) is 0 Å². The molecule has 0 bridgehead atoms. The van der Waals surface area contributed by atoms with E-state index in [9.17, 15) is 43.5 Å². The molecule has 0 aromatic heterocycles. The third kappa shape index (κ3) is 17.2. The van der Waals surface area contributed by atoms with Gasteiger partial charge in [-0.2, -0.15) is 0 Å². The number of amides is 10. The Morgan fingerprint density at radius 1 is 0.714 bits per heavy atom. The zero-order valence-corrected chi connectivity index (χ0v) is 53.8. The number of likely N-dealkylation sites (tertiary alicyclic amines) is 1. The number of nitrogens with zero attached hydrogens (tertiary/aromatic N) is 7. The summed E-state index contributed by atoms with van der Waals surface area (Å²) >= 11 is 0. The van der Waals surface area contributed by atoms with Crippen LogP contribution >= 0.6 is 0 Å². The Labute approximate surface area is 499 Å². The van der Waals surface area contributed by atoms with Gasteiger partial charge in [0.15, 0.2) is 0 Å². The molecule has 10 amide bonds. The number of aliphatic hydroxyl groups excluding tert-OH is 1. The van der Waals surface area contributed by atoms with Gasteiger partial charge in [0.1, 0.15) is 73.1 Å². The first-order chi connectivity index (χ1) is 39.2. The molecule has 4 fully saturated rings. The summed E-state index contributed by atoms with van der Waals surface area (Å²) in [5.41, 5.74) is 0. The van der Waals surface area contributed by atoms with Crippen molar-refractivity contribution < 1.29 is 62.6 Å². The third-order valence-electron chi connectivity index (χ3n) is 17.4. The molecule has 0 saturated carbocycles. The number of likely N-dealkylation sites (N-methyl/N-ethyl adjacent to an activating group) is 4. The second-order valence-electron chi connectivity index (χ2n) is 26.4. The van der Waals surface area contributed by atoms with Gasteiger partial charge in [-0.15, -0.1) is 0 Å². The number of nitrogens with one attached hydrogen (secondary N) is 3. The molecule has 23 heteroatoms. The molecule has 4 aliphatic heterocycles. The number of hydrogen-bond acceptors (Lipinski definition) is 13. The minimum Gasteiger partial charge on any atom is -0.459 e. The highest BCUT2D eigenvalue weighted by Gasteiger charge is 2.50. The Morgan fingerprint density at radius 2 is 1.33 bits per heavy atom. The molecular weight excluding hydrogens is 1080 g/mol. The van der Waals surface area contributed by atoms with Gasteiger partial charge in [-0.1, -0.05) is 96.4 Å². The van der Waals surface area contributed by atoms with Gasteiger partial charge < -0.3 is 60.1 Å². The number of esters is 1. The molecule has 4 aliphatic rings. The number of ether oxygens (including phenoxy) is 1. The fourth-order valence-corrected chi connectivity index (χ4v) is 12.7. The van der Waals surface area contributed by atoms with Gasteiger partial charge in [0.2, 0.25) is 53.2 Å². The van der Waals surface area contributed by atoms with Crippen molar-refractivity contribution in [2.75, 3.05) is 54.4 Å². The summed E-state index contributed by atoms with van der Waals surface area (Å²) < 4.78 is 5.95. The molecule has 476 valence electrons. The van der Waals surface area contributed by atoms with Crippen molar-refractivity contribution in [1.29, 1.82) is 0 Å². The first-order valence-electron chi connectivity index (χ1n) is 30.9. The largest absolute Gasteiger partial charge is 0.459 e. The zero-order chi connectivity index (χ0) is 63.5. The molecule has 0 radical (unpaired) electrons. The molecule has 84 heavy (non-hydrogen) atoms. The minimum absolute atomic E-state index is 0.0737. The molecule has 13 unspecified atom stereocenters. The lowest BCUT2D eigenvalue weighted by molar-refractivity contribution is -0.161. The molecule has 23 nitrogen and oxygen atoms in total. The van der Waals surface area contributed by atoms with Crippen molar-refractivity contribution >= 4 is 65.0 Å². The van der Waals surface area contributed by atoms with Crippen molar-refractivity contribution in [2.24, 2.45) is 41.4 Å². The van der Waals surface area contributed by atoms with Crippen LogP contribution in [0.2, 0.25) is 0 Å². The highest BCUT2D eigenvalue weighted by atomic mass is 16.5. The second kappa shape index (κ2) is 31.0. The van der Waals surface area contributed by atoms with E-state index >= 15 is 14.4 Å². The Bertz CT molecular complexity index is 2370. The van der Waals surface area contributed by atoms with Crippen molar-refractivity contribution in [1.82, 2.24) is 50.2 Å². The maximum Gasteiger partial charge on any atom is 0.325 e. The summed E-state index contributed by atoms with van der Waals surface area (Å²) in [5, 5.41) is 19.0. The summed E-state index contributed by atoms with van der Waals surface area (Å²) in [4.78, 5) is 171. The molecule has 4 N–H and O–H groups in total. The molecule has 0 aromatic carbocycles. The number of rotatable bonds is 16. The van der Waals surface area contributed by atoms with Gasteiger partial charge in [0, 0.05) is 47.8 Å². The number of cyclic esters (lactones) is 1. The Balaban J connectivity index is 1.89. The van der Waals surface area contributed by atoms with E-state index in [-0.39, 0.29) is 87.7 Å².